The van der Waals surface area contributed by atoms with Crippen LogP contribution in [0, 0.1) is 52.7 Å². The molecule has 35 heavy (non-hydrogen) atoms. The van der Waals surface area contributed by atoms with Crippen molar-refractivity contribution in [3.05, 3.63) is 24.0 Å². The largest absolute Gasteiger partial charge is 0.395 e. The summed E-state index contributed by atoms with van der Waals surface area (Å²) in [6, 6.07) is 4.57. The van der Waals surface area contributed by atoms with Crippen molar-refractivity contribution in [2.24, 2.45) is 52.7 Å². The summed E-state index contributed by atoms with van der Waals surface area (Å²) in [7, 11) is 0. The van der Waals surface area contributed by atoms with E-state index < -0.39 is 5.82 Å². The summed E-state index contributed by atoms with van der Waals surface area (Å²) in [6.07, 6.45) is 14.0. The van der Waals surface area contributed by atoms with Gasteiger partial charge in [0.1, 0.15) is 12.1 Å². The molecule has 0 spiro atoms. The quantitative estimate of drug-likeness (QED) is 0.204. The third-order valence-corrected chi connectivity index (χ3v) is 10.1. The number of rotatable bonds is 3. The molecular formula is C30H50FN3O. The maximum atomic E-state index is 12.9. The van der Waals surface area contributed by atoms with E-state index in [0.717, 1.165) is 35.5 Å². The highest BCUT2D eigenvalue weighted by atomic mass is 19.1. The molecule has 5 heteroatoms. The van der Waals surface area contributed by atoms with Crippen LogP contribution in [0.2, 0.25) is 0 Å². The zero-order chi connectivity index (χ0) is 25.8. The van der Waals surface area contributed by atoms with Crippen molar-refractivity contribution in [2.75, 3.05) is 17.3 Å². The van der Waals surface area contributed by atoms with Gasteiger partial charge in [0.2, 0.25) is 0 Å². The lowest BCUT2D eigenvalue weighted by Gasteiger charge is -2.56. The normalized spacial score (nSPS) is 37.3. The zero-order valence-corrected chi connectivity index (χ0v) is 22.8. The number of carbonyl (C=O) groups is 1. The molecule has 0 heterocycles. The Kier molecular flexibility index (Phi) is 9.65. The molecule has 4 N–H and O–H groups in total. The SMILES string of the molecule is CC.CC1CCC2C(CCC3C2CCC2(C)C(C=O)CCC32)C1.CCN(N)c1cccc(F)c1N. The Morgan fingerprint density at radius 3 is 2.46 bits per heavy atom. The summed E-state index contributed by atoms with van der Waals surface area (Å²) in [5.74, 6) is 11.4. The first-order chi connectivity index (χ1) is 16.8. The molecule has 0 aliphatic heterocycles. The average Bonchev–Trinajstić information content (AvgIpc) is 3.22. The van der Waals surface area contributed by atoms with E-state index in [9.17, 15) is 9.18 Å². The van der Waals surface area contributed by atoms with Gasteiger partial charge in [-0.1, -0.05) is 40.2 Å². The number of hydrazine groups is 1. The van der Waals surface area contributed by atoms with Crippen LogP contribution < -0.4 is 16.6 Å². The standard InChI is InChI=1S/C20H32O.C8H12FN3.C2H6/c1-13-3-6-16-14(11-13)4-7-18-17(16)9-10-20(2)15(12-21)5-8-19(18)20;1-2-12(11)7-5-3-4-6(9)8(7)10;1-2/h12-19H,3-11H2,1-2H3;3-5H,2,10-11H2,1H3;1-2H3. The van der Waals surface area contributed by atoms with Crippen LogP contribution in [0.3, 0.4) is 0 Å². The van der Waals surface area contributed by atoms with Crippen molar-refractivity contribution >= 4 is 17.7 Å². The molecule has 0 radical (unpaired) electrons. The first-order valence-corrected chi connectivity index (χ1v) is 14.3. The van der Waals surface area contributed by atoms with Crippen molar-refractivity contribution < 1.29 is 9.18 Å². The van der Waals surface area contributed by atoms with Gasteiger partial charge in [0, 0.05) is 12.5 Å². The molecule has 0 saturated heterocycles. The first-order valence-electron chi connectivity index (χ1n) is 14.3. The van der Waals surface area contributed by atoms with Crippen molar-refractivity contribution in [2.45, 2.75) is 92.4 Å². The van der Waals surface area contributed by atoms with E-state index in [1.165, 1.54) is 75.1 Å². The van der Waals surface area contributed by atoms with Gasteiger partial charge in [0.15, 0.2) is 0 Å². The molecule has 4 aliphatic rings. The summed E-state index contributed by atoms with van der Waals surface area (Å²) in [6.45, 7) is 11.4. The predicted molar refractivity (Wildman–Crippen MR) is 145 cm³/mol. The van der Waals surface area contributed by atoms with Crippen LogP contribution in [0.5, 0.6) is 0 Å². The van der Waals surface area contributed by atoms with E-state index >= 15 is 0 Å². The molecule has 5 rings (SSSR count). The molecule has 4 saturated carbocycles. The smallest absolute Gasteiger partial charge is 0.148 e. The molecular weight excluding hydrogens is 437 g/mol. The lowest BCUT2D eigenvalue weighted by atomic mass is 9.49. The summed E-state index contributed by atoms with van der Waals surface area (Å²) in [4.78, 5) is 11.5. The third-order valence-electron chi connectivity index (χ3n) is 10.1. The molecule has 0 bridgehead atoms. The van der Waals surface area contributed by atoms with Gasteiger partial charge in [-0.05, 0) is 111 Å². The van der Waals surface area contributed by atoms with Crippen LogP contribution in [0.25, 0.3) is 0 Å². The molecule has 0 aromatic heterocycles. The number of aldehydes is 1. The summed E-state index contributed by atoms with van der Waals surface area (Å²) >= 11 is 0. The highest BCUT2D eigenvalue weighted by Crippen LogP contribution is 2.64. The Morgan fingerprint density at radius 1 is 1.06 bits per heavy atom. The molecule has 4 aliphatic carbocycles. The summed E-state index contributed by atoms with van der Waals surface area (Å²) < 4.78 is 12.9. The summed E-state index contributed by atoms with van der Waals surface area (Å²) in [5.41, 5.74) is 6.45. The van der Waals surface area contributed by atoms with Gasteiger partial charge in [-0.2, -0.15) is 0 Å². The number of hydrogen-bond donors (Lipinski definition) is 2. The Morgan fingerprint density at radius 2 is 1.77 bits per heavy atom. The minimum absolute atomic E-state index is 0.0989. The minimum Gasteiger partial charge on any atom is -0.395 e. The van der Waals surface area contributed by atoms with E-state index in [1.807, 2.05) is 20.8 Å². The number of halogens is 1. The van der Waals surface area contributed by atoms with Gasteiger partial charge in [-0.3, -0.25) is 0 Å². The number of nitrogen functional groups attached to an aromatic ring is 1. The number of nitrogens with two attached hydrogens (primary N) is 2. The second-order valence-corrected chi connectivity index (χ2v) is 11.7. The fourth-order valence-electron chi connectivity index (χ4n) is 8.30. The van der Waals surface area contributed by atoms with Gasteiger partial charge in [0.05, 0.1) is 11.4 Å². The Labute approximate surface area is 213 Å². The molecule has 4 fully saturated rings. The fourth-order valence-corrected chi connectivity index (χ4v) is 8.30. The van der Waals surface area contributed by atoms with Crippen molar-refractivity contribution in [3.63, 3.8) is 0 Å². The minimum atomic E-state index is -0.434. The third kappa shape index (κ3) is 5.55. The molecule has 0 amide bonds. The van der Waals surface area contributed by atoms with Gasteiger partial charge in [-0.25, -0.2) is 10.2 Å². The average molecular weight is 488 g/mol. The van der Waals surface area contributed by atoms with Crippen molar-refractivity contribution in [1.29, 1.82) is 0 Å². The van der Waals surface area contributed by atoms with Crippen LogP contribution in [-0.2, 0) is 4.79 Å². The van der Waals surface area contributed by atoms with Crippen molar-refractivity contribution in [1.82, 2.24) is 0 Å². The van der Waals surface area contributed by atoms with E-state index in [-0.39, 0.29) is 5.69 Å². The second kappa shape index (κ2) is 12.1. The van der Waals surface area contributed by atoms with E-state index in [0.29, 0.717) is 23.6 Å². The van der Waals surface area contributed by atoms with Gasteiger partial charge < -0.3 is 15.5 Å². The van der Waals surface area contributed by atoms with Crippen LogP contribution >= 0.6 is 0 Å². The zero-order valence-electron chi connectivity index (χ0n) is 22.8. The lowest BCUT2D eigenvalue weighted by Crippen LogP contribution is -2.48. The molecule has 1 aromatic carbocycles. The predicted octanol–water partition coefficient (Wildman–Crippen LogP) is 7.22. The van der Waals surface area contributed by atoms with Crippen LogP contribution in [-0.4, -0.2) is 12.8 Å². The van der Waals surface area contributed by atoms with E-state index in [4.69, 9.17) is 11.6 Å². The summed E-state index contributed by atoms with van der Waals surface area (Å²) in [5, 5.41) is 1.40. The fraction of sp³-hybridized carbons (Fsp3) is 0.767. The monoisotopic (exact) mass is 487 g/mol. The van der Waals surface area contributed by atoms with Crippen LogP contribution in [0.4, 0.5) is 15.8 Å². The highest BCUT2D eigenvalue weighted by molar-refractivity contribution is 5.67. The maximum Gasteiger partial charge on any atom is 0.148 e. The lowest BCUT2D eigenvalue weighted by molar-refractivity contribution is -0.118. The van der Waals surface area contributed by atoms with Gasteiger partial charge in [-0.15, -0.1) is 0 Å². The first kappa shape index (κ1) is 28.0. The molecule has 198 valence electrons. The number of hydrogen-bond acceptors (Lipinski definition) is 4. The molecule has 1 aromatic rings. The topological polar surface area (TPSA) is 72.3 Å². The molecule has 8 atom stereocenters. The number of anilines is 2. The number of fused-ring (bicyclic) bond motifs is 5. The van der Waals surface area contributed by atoms with Gasteiger partial charge in [0.25, 0.3) is 0 Å². The number of carbonyl (C=O) groups excluding carboxylic acids is 1. The number of para-hydroxylation sites is 1. The Balaban J connectivity index is 0.000000210. The van der Waals surface area contributed by atoms with Crippen molar-refractivity contribution in [3.8, 4) is 0 Å². The molecule has 4 nitrogen and oxygen atoms in total. The van der Waals surface area contributed by atoms with E-state index in [2.05, 4.69) is 13.8 Å². The van der Waals surface area contributed by atoms with Crippen LogP contribution in [0.15, 0.2) is 18.2 Å². The second-order valence-electron chi connectivity index (χ2n) is 11.7. The number of benzene rings is 1. The number of nitrogens with zero attached hydrogens (tertiary/aromatic N) is 1. The Bertz CT molecular complexity index is 832. The van der Waals surface area contributed by atoms with E-state index in [1.54, 1.807) is 12.1 Å². The molecule has 8 unspecified atom stereocenters. The maximum absolute atomic E-state index is 12.9. The van der Waals surface area contributed by atoms with Crippen LogP contribution in [0.1, 0.15) is 92.4 Å². The highest BCUT2D eigenvalue weighted by Gasteiger charge is 2.56. The Hall–Kier alpha value is -1.62. The van der Waals surface area contributed by atoms with Gasteiger partial charge >= 0.3 is 0 Å².